The van der Waals surface area contributed by atoms with E-state index >= 15 is 0 Å². The van der Waals surface area contributed by atoms with Crippen molar-refractivity contribution < 1.29 is 28.6 Å². The number of anilines is 1. The zero-order valence-electron chi connectivity index (χ0n) is 16.8. The van der Waals surface area contributed by atoms with Crippen LogP contribution in [0.4, 0.5) is 5.69 Å². The van der Waals surface area contributed by atoms with Gasteiger partial charge in [0.15, 0.2) is 19.0 Å². The van der Waals surface area contributed by atoms with Crippen LogP contribution in [-0.4, -0.2) is 30.9 Å². The van der Waals surface area contributed by atoms with Gasteiger partial charge in [-0.05, 0) is 36.4 Å². The Morgan fingerprint density at radius 2 is 1.81 bits per heavy atom. The Kier molecular flexibility index (Phi) is 6.37. The monoisotopic (exact) mass is 451 g/mol. The molecule has 0 saturated carbocycles. The Labute approximate surface area is 188 Å². The number of para-hydroxylation sites is 1. The summed E-state index contributed by atoms with van der Waals surface area (Å²) in [6.07, 6.45) is 0. The lowest BCUT2D eigenvalue weighted by Crippen LogP contribution is -2.25. The van der Waals surface area contributed by atoms with Crippen LogP contribution < -0.4 is 14.8 Å². The van der Waals surface area contributed by atoms with Crippen molar-refractivity contribution in [3.63, 3.8) is 0 Å². The Balaban J connectivity index is 1.40. The molecule has 0 spiro atoms. The molecule has 0 saturated heterocycles. The minimum Gasteiger partial charge on any atom is -0.488 e. The minimum absolute atomic E-state index is 0.0735. The van der Waals surface area contributed by atoms with Gasteiger partial charge >= 0.3 is 5.97 Å². The Morgan fingerprint density at radius 3 is 2.66 bits per heavy atom. The van der Waals surface area contributed by atoms with Crippen molar-refractivity contribution in [3.05, 3.63) is 88.4 Å². The molecule has 7 nitrogen and oxygen atoms in total. The summed E-state index contributed by atoms with van der Waals surface area (Å²) < 4.78 is 16.2. The summed E-state index contributed by atoms with van der Waals surface area (Å²) in [7, 11) is 0. The van der Waals surface area contributed by atoms with Gasteiger partial charge in [-0.2, -0.15) is 0 Å². The molecule has 0 bridgehead atoms. The molecule has 1 N–H and O–H groups in total. The fourth-order valence-electron chi connectivity index (χ4n) is 3.08. The normalized spacial score (nSPS) is 12.2. The number of fused-ring (bicyclic) bond motifs is 1. The van der Waals surface area contributed by atoms with E-state index in [0.29, 0.717) is 22.2 Å². The molecule has 0 unspecified atom stereocenters. The summed E-state index contributed by atoms with van der Waals surface area (Å²) in [4.78, 5) is 36.6. The average molecular weight is 452 g/mol. The van der Waals surface area contributed by atoms with Crippen LogP contribution in [0.2, 0.25) is 5.02 Å². The van der Waals surface area contributed by atoms with E-state index in [1.54, 1.807) is 42.5 Å². The first kappa shape index (κ1) is 21.4. The van der Waals surface area contributed by atoms with Crippen molar-refractivity contribution in [3.8, 4) is 11.5 Å². The number of hydrogen-bond donors (Lipinski definition) is 1. The third-order valence-electron chi connectivity index (χ3n) is 4.72. The second kappa shape index (κ2) is 9.53. The van der Waals surface area contributed by atoms with Crippen LogP contribution in [-0.2, 0) is 16.1 Å². The maximum absolute atomic E-state index is 12.6. The maximum Gasteiger partial charge on any atom is 0.342 e. The van der Waals surface area contributed by atoms with Gasteiger partial charge in [0.2, 0.25) is 0 Å². The lowest BCUT2D eigenvalue weighted by molar-refractivity contribution is -0.118. The van der Waals surface area contributed by atoms with Crippen LogP contribution in [0.3, 0.4) is 0 Å². The van der Waals surface area contributed by atoms with Crippen LogP contribution in [0.25, 0.3) is 0 Å². The highest BCUT2D eigenvalue weighted by molar-refractivity contribution is 6.31. The zero-order chi connectivity index (χ0) is 22.5. The molecule has 4 rings (SSSR count). The van der Waals surface area contributed by atoms with Crippen molar-refractivity contribution in [2.45, 2.75) is 6.61 Å². The number of hydrogen-bond acceptors (Lipinski definition) is 6. The van der Waals surface area contributed by atoms with Crippen LogP contribution >= 0.6 is 11.6 Å². The number of carbonyl (C=O) groups excluding carboxylic acids is 3. The molecule has 0 aliphatic carbocycles. The predicted molar refractivity (Wildman–Crippen MR) is 117 cm³/mol. The highest BCUT2D eigenvalue weighted by atomic mass is 35.5. The molecular weight excluding hydrogens is 434 g/mol. The number of esters is 1. The number of carbonyl (C=O) groups is 3. The third kappa shape index (κ3) is 4.90. The van der Waals surface area contributed by atoms with E-state index in [0.717, 1.165) is 5.56 Å². The Hall–Kier alpha value is -3.84. The Morgan fingerprint density at radius 1 is 1.03 bits per heavy atom. The molecule has 0 atom stereocenters. The topological polar surface area (TPSA) is 90.9 Å². The van der Waals surface area contributed by atoms with E-state index in [-0.39, 0.29) is 30.2 Å². The van der Waals surface area contributed by atoms with E-state index in [1.807, 2.05) is 18.2 Å². The highest BCUT2D eigenvalue weighted by Gasteiger charge is 2.20. The first-order valence-electron chi connectivity index (χ1n) is 9.73. The number of rotatable bonds is 7. The first-order chi connectivity index (χ1) is 15.5. The number of nitrogens with one attached hydrogen (secondary N) is 1. The van der Waals surface area contributed by atoms with Crippen molar-refractivity contribution in [1.82, 2.24) is 0 Å². The standard InChI is InChI=1S/C24H18ClNO6/c25-18-7-3-1-5-16(18)12-30-21-8-4-2-6-17(21)24(29)32-13-20(27)15-9-10-22-19(11-15)26-23(28)14-31-22/h1-11H,12-14H2,(H,26,28). The van der Waals surface area contributed by atoms with Crippen molar-refractivity contribution in [2.75, 3.05) is 18.5 Å². The van der Waals surface area contributed by atoms with Crippen LogP contribution in [0.1, 0.15) is 26.3 Å². The number of benzene rings is 3. The van der Waals surface area contributed by atoms with Crippen LogP contribution in [0, 0.1) is 0 Å². The van der Waals surface area contributed by atoms with Gasteiger partial charge in [-0.1, -0.05) is 41.9 Å². The molecule has 1 aliphatic heterocycles. The quantitative estimate of drug-likeness (QED) is 0.425. The highest BCUT2D eigenvalue weighted by Crippen LogP contribution is 2.29. The van der Waals surface area contributed by atoms with E-state index in [9.17, 15) is 14.4 Å². The van der Waals surface area contributed by atoms with E-state index in [2.05, 4.69) is 5.32 Å². The Bertz CT molecular complexity index is 1190. The summed E-state index contributed by atoms with van der Waals surface area (Å²) in [5.74, 6) is -0.624. The molecule has 1 amide bonds. The molecule has 3 aromatic carbocycles. The van der Waals surface area contributed by atoms with Crippen molar-refractivity contribution in [1.29, 1.82) is 0 Å². The second-order valence-corrected chi connectivity index (χ2v) is 7.33. The van der Waals surface area contributed by atoms with Gasteiger partial charge in [0.25, 0.3) is 5.91 Å². The van der Waals surface area contributed by atoms with Gasteiger partial charge < -0.3 is 19.5 Å². The van der Waals surface area contributed by atoms with E-state index in [1.165, 1.54) is 6.07 Å². The summed E-state index contributed by atoms with van der Waals surface area (Å²) in [5.41, 5.74) is 1.65. The smallest absolute Gasteiger partial charge is 0.342 e. The number of ketones is 1. The first-order valence-corrected chi connectivity index (χ1v) is 10.1. The van der Waals surface area contributed by atoms with Gasteiger partial charge in [0.1, 0.15) is 23.7 Å². The van der Waals surface area contributed by atoms with Gasteiger partial charge in [-0.3, -0.25) is 9.59 Å². The molecule has 0 aromatic heterocycles. The summed E-state index contributed by atoms with van der Waals surface area (Å²) in [6, 6.07) is 18.5. The summed E-state index contributed by atoms with van der Waals surface area (Å²) in [5, 5.41) is 3.19. The second-order valence-electron chi connectivity index (χ2n) is 6.92. The SMILES string of the molecule is O=C1COc2ccc(C(=O)COC(=O)c3ccccc3OCc3ccccc3Cl)cc2N1. The lowest BCUT2D eigenvalue weighted by atomic mass is 10.1. The fraction of sp³-hybridized carbons (Fsp3) is 0.125. The van der Waals surface area contributed by atoms with Crippen molar-refractivity contribution >= 4 is 34.9 Å². The van der Waals surface area contributed by atoms with Gasteiger partial charge in [0.05, 0.1) is 5.69 Å². The molecule has 0 fully saturated rings. The van der Waals surface area contributed by atoms with Gasteiger partial charge in [-0.15, -0.1) is 0 Å². The van der Waals surface area contributed by atoms with Crippen LogP contribution in [0.5, 0.6) is 11.5 Å². The molecule has 1 heterocycles. The zero-order valence-corrected chi connectivity index (χ0v) is 17.6. The molecule has 1 aliphatic rings. The summed E-state index contributed by atoms with van der Waals surface area (Å²) >= 11 is 6.15. The molecular formula is C24H18ClNO6. The summed E-state index contributed by atoms with van der Waals surface area (Å²) in [6.45, 7) is -0.368. The molecule has 32 heavy (non-hydrogen) atoms. The lowest BCUT2D eigenvalue weighted by Gasteiger charge is -2.18. The molecule has 8 heteroatoms. The number of halogens is 1. The largest absolute Gasteiger partial charge is 0.488 e. The van der Waals surface area contributed by atoms with Crippen molar-refractivity contribution in [2.24, 2.45) is 0 Å². The van der Waals surface area contributed by atoms with Crippen LogP contribution in [0.15, 0.2) is 66.7 Å². The van der Waals surface area contributed by atoms with E-state index in [4.69, 9.17) is 25.8 Å². The predicted octanol–water partition coefficient (Wildman–Crippen LogP) is 4.29. The molecule has 0 radical (unpaired) electrons. The van der Waals surface area contributed by atoms with Gasteiger partial charge in [-0.25, -0.2) is 4.79 Å². The fourth-order valence-corrected chi connectivity index (χ4v) is 3.27. The number of Topliss-reactive ketones (excluding diaryl/α,β-unsaturated/α-hetero) is 1. The third-order valence-corrected chi connectivity index (χ3v) is 5.09. The average Bonchev–Trinajstić information content (AvgIpc) is 2.81. The number of ether oxygens (including phenoxy) is 3. The molecule has 162 valence electrons. The number of amides is 1. The van der Waals surface area contributed by atoms with Gasteiger partial charge in [0, 0.05) is 16.1 Å². The maximum atomic E-state index is 12.6. The van der Waals surface area contributed by atoms with E-state index < -0.39 is 18.4 Å². The minimum atomic E-state index is -0.692. The molecule has 3 aromatic rings.